The van der Waals surface area contributed by atoms with E-state index >= 15 is 0 Å². The summed E-state index contributed by atoms with van der Waals surface area (Å²) < 4.78 is 0. The third-order valence-corrected chi connectivity index (χ3v) is 7.00. The van der Waals surface area contributed by atoms with Gasteiger partial charge >= 0.3 is 0 Å². The highest BCUT2D eigenvalue weighted by Gasteiger charge is 2.43. The predicted octanol–water partition coefficient (Wildman–Crippen LogP) is 3.44. The summed E-state index contributed by atoms with van der Waals surface area (Å²) in [5.74, 6) is -0.262. The van der Waals surface area contributed by atoms with Gasteiger partial charge in [0.2, 0.25) is 17.7 Å². The molecule has 0 radical (unpaired) electrons. The molecule has 1 heterocycles. The Balaban J connectivity index is 0.00000560. The Kier molecular flexibility index (Phi) is 12.9. The normalized spacial score (nSPS) is 17.9. The van der Waals surface area contributed by atoms with Crippen LogP contribution in [0.5, 0.6) is 0 Å². The second kappa shape index (κ2) is 15.4. The van der Waals surface area contributed by atoms with E-state index in [2.05, 4.69) is 29.8 Å². The molecule has 8 nitrogen and oxygen atoms in total. The number of amides is 3. The number of likely N-dealkylation sites (tertiary alicyclic amines) is 1. The molecule has 3 amide bonds. The van der Waals surface area contributed by atoms with Gasteiger partial charge in [-0.25, -0.2) is 0 Å². The van der Waals surface area contributed by atoms with Gasteiger partial charge < -0.3 is 26.0 Å². The molecule has 3 atom stereocenters. The fourth-order valence-corrected chi connectivity index (χ4v) is 4.90. The number of carbonyl (C=O) groups is 3. The molecule has 0 spiro atoms. The lowest BCUT2D eigenvalue weighted by atomic mass is 9.94. The highest BCUT2D eigenvalue weighted by atomic mass is 35.5. The average molecular weight is 575 g/mol. The summed E-state index contributed by atoms with van der Waals surface area (Å²) in [5, 5.41) is 21.8. The molecule has 0 aliphatic carbocycles. The van der Waals surface area contributed by atoms with E-state index in [1.807, 2.05) is 42.5 Å². The molecule has 3 rings (SSSR count). The van der Waals surface area contributed by atoms with Crippen LogP contribution in [0.4, 0.5) is 0 Å². The van der Waals surface area contributed by atoms with Gasteiger partial charge in [0.1, 0.15) is 12.1 Å². The van der Waals surface area contributed by atoms with E-state index in [4.69, 9.17) is 0 Å². The van der Waals surface area contributed by atoms with Gasteiger partial charge in [0.15, 0.2) is 0 Å². The number of nitrogens with zero attached hydrogens (tertiary/aromatic N) is 1. The molecule has 1 saturated heterocycles. The van der Waals surface area contributed by atoms with Crippen LogP contribution < -0.4 is 16.0 Å². The Labute approximate surface area is 245 Å². The van der Waals surface area contributed by atoms with Crippen LogP contribution >= 0.6 is 12.4 Å². The maximum absolute atomic E-state index is 13.4. The lowest BCUT2D eigenvalue weighted by molar-refractivity contribution is -0.145. The lowest BCUT2D eigenvalue weighted by Crippen LogP contribution is -2.55. The van der Waals surface area contributed by atoms with Crippen LogP contribution in [-0.4, -0.2) is 72.1 Å². The average Bonchev–Trinajstić information content (AvgIpc) is 3.27. The first kappa shape index (κ1) is 33.5. The Bertz CT molecular complexity index is 1130. The van der Waals surface area contributed by atoms with Gasteiger partial charge in [-0.05, 0) is 48.2 Å². The van der Waals surface area contributed by atoms with Crippen molar-refractivity contribution in [3.05, 3.63) is 48.0 Å². The van der Waals surface area contributed by atoms with Crippen molar-refractivity contribution in [3.8, 4) is 0 Å². The highest BCUT2D eigenvalue weighted by Crippen LogP contribution is 2.26. The molecule has 1 aliphatic heterocycles. The van der Waals surface area contributed by atoms with Crippen molar-refractivity contribution in [2.24, 2.45) is 11.3 Å². The molecule has 40 heavy (non-hydrogen) atoms. The van der Waals surface area contributed by atoms with Crippen molar-refractivity contribution in [2.45, 2.75) is 78.5 Å². The molecular formula is C31H47ClN4O4. The van der Waals surface area contributed by atoms with Gasteiger partial charge in [-0.2, -0.15) is 0 Å². The van der Waals surface area contributed by atoms with Crippen molar-refractivity contribution >= 4 is 40.9 Å². The number of rotatable bonds is 12. The van der Waals surface area contributed by atoms with E-state index in [1.54, 1.807) is 20.8 Å². The quantitative estimate of drug-likeness (QED) is 0.290. The monoisotopic (exact) mass is 574 g/mol. The van der Waals surface area contributed by atoms with Crippen molar-refractivity contribution in [1.29, 1.82) is 0 Å². The number of aliphatic hydroxyl groups excluding tert-OH is 1. The molecule has 0 bridgehead atoms. The minimum absolute atomic E-state index is 0. The second-order valence-electron chi connectivity index (χ2n) is 12.2. The first-order valence-electron chi connectivity index (χ1n) is 14.2. The van der Waals surface area contributed by atoms with Gasteiger partial charge in [0.25, 0.3) is 0 Å². The van der Waals surface area contributed by atoms with E-state index in [0.717, 1.165) is 42.3 Å². The predicted molar refractivity (Wildman–Crippen MR) is 162 cm³/mol. The summed E-state index contributed by atoms with van der Waals surface area (Å²) in [7, 11) is 0. The Morgan fingerprint density at radius 3 is 2.38 bits per heavy atom. The second-order valence-corrected chi connectivity index (χ2v) is 12.2. The number of benzene rings is 2. The highest BCUT2D eigenvalue weighted by molar-refractivity contribution is 5.93. The summed E-state index contributed by atoms with van der Waals surface area (Å²) in [6, 6.07) is 12.4. The van der Waals surface area contributed by atoms with Gasteiger partial charge in [0, 0.05) is 31.3 Å². The van der Waals surface area contributed by atoms with Crippen LogP contribution in [0.15, 0.2) is 42.5 Å². The van der Waals surface area contributed by atoms with Crippen LogP contribution in [0.2, 0.25) is 0 Å². The minimum Gasteiger partial charge on any atom is -0.391 e. The largest absolute Gasteiger partial charge is 0.391 e. The van der Waals surface area contributed by atoms with Gasteiger partial charge in [-0.1, -0.05) is 77.1 Å². The molecule has 1 aliphatic rings. The number of nitrogens with one attached hydrogen (secondary N) is 3. The number of hydrogen-bond donors (Lipinski definition) is 4. The molecule has 1 fully saturated rings. The van der Waals surface area contributed by atoms with Gasteiger partial charge in [-0.3, -0.25) is 14.4 Å². The van der Waals surface area contributed by atoms with Gasteiger partial charge in [0.05, 0.1) is 6.10 Å². The van der Waals surface area contributed by atoms with E-state index in [0.29, 0.717) is 18.9 Å². The van der Waals surface area contributed by atoms with Crippen molar-refractivity contribution in [3.63, 3.8) is 0 Å². The number of β-amino-alcohol motifs (C(OH)–C–C–N with tert-alkyl or cyclic N) is 1. The molecular weight excluding hydrogens is 528 g/mol. The summed E-state index contributed by atoms with van der Waals surface area (Å²) in [4.78, 5) is 41.2. The number of fused-ring (bicyclic) bond motifs is 1. The summed E-state index contributed by atoms with van der Waals surface area (Å²) >= 11 is 0. The Morgan fingerprint density at radius 2 is 1.70 bits per heavy atom. The Morgan fingerprint density at radius 1 is 1.02 bits per heavy atom. The topological polar surface area (TPSA) is 111 Å². The van der Waals surface area contributed by atoms with Crippen molar-refractivity contribution in [2.75, 3.05) is 26.2 Å². The fourth-order valence-electron chi connectivity index (χ4n) is 4.90. The van der Waals surface area contributed by atoms with Gasteiger partial charge in [-0.15, -0.1) is 12.4 Å². The van der Waals surface area contributed by atoms with Crippen LogP contribution in [-0.2, 0) is 20.8 Å². The molecule has 2 aromatic carbocycles. The number of hydrogen-bond acceptors (Lipinski definition) is 5. The van der Waals surface area contributed by atoms with E-state index in [-0.39, 0.29) is 37.2 Å². The minimum atomic E-state index is -0.814. The third-order valence-electron chi connectivity index (χ3n) is 7.00. The zero-order valence-corrected chi connectivity index (χ0v) is 25.4. The molecule has 0 saturated carbocycles. The summed E-state index contributed by atoms with van der Waals surface area (Å²) in [6.07, 6.45) is 1.47. The maximum Gasteiger partial charge on any atom is 0.243 e. The lowest BCUT2D eigenvalue weighted by Gasteiger charge is -2.31. The van der Waals surface area contributed by atoms with Crippen LogP contribution in [0.1, 0.15) is 59.4 Å². The summed E-state index contributed by atoms with van der Waals surface area (Å²) in [6.45, 7) is 12.2. The number of aliphatic hydroxyl groups is 1. The zero-order chi connectivity index (χ0) is 28.6. The van der Waals surface area contributed by atoms with Crippen LogP contribution in [0.3, 0.4) is 0 Å². The maximum atomic E-state index is 13.4. The zero-order valence-electron chi connectivity index (χ0n) is 24.5. The number of halogens is 1. The first-order chi connectivity index (χ1) is 18.5. The molecule has 0 aromatic heterocycles. The van der Waals surface area contributed by atoms with E-state index in [9.17, 15) is 19.5 Å². The molecule has 9 heteroatoms. The van der Waals surface area contributed by atoms with Crippen molar-refractivity contribution in [1.82, 2.24) is 20.9 Å². The van der Waals surface area contributed by atoms with E-state index < -0.39 is 29.5 Å². The third kappa shape index (κ3) is 9.75. The van der Waals surface area contributed by atoms with E-state index in [1.165, 1.54) is 4.90 Å². The molecule has 4 N–H and O–H groups in total. The smallest absolute Gasteiger partial charge is 0.243 e. The first-order valence-corrected chi connectivity index (χ1v) is 14.2. The van der Waals surface area contributed by atoms with Crippen molar-refractivity contribution < 1.29 is 19.5 Å². The standard InChI is InChI=1S/C31H46N4O4.ClH/c1-21(2)19-32-14-8-9-15-33-28(37)26(17-22-12-13-23-10-6-7-11-24(23)16-22)34-29(38)27-18-25(36)20-35(27)30(39)31(3,4)5;/h6-7,10-13,16,21,25-27,32,36H,8-9,14-15,17-20H2,1-5H3,(H,33,37)(H,34,38);1H/t25-,26-,27?;/m1./s1. The Hall–Kier alpha value is -2.68. The molecule has 2 aromatic rings. The summed E-state index contributed by atoms with van der Waals surface area (Å²) in [5.41, 5.74) is 0.246. The van der Waals surface area contributed by atoms with Crippen LogP contribution in [0, 0.1) is 11.3 Å². The number of carbonyl (C=O) groups excluding carboxylic acids is 3. The fraction of sp³-hybridized carbons (Fsp3) is 0.581. The molecule has 222 valence electrons. The molecule has 1 unspecified atom stereocenters. The number of unbranched alkanes of at least 4 members (excludes halogenated alkanes) is 1. The van der Waals surface area contributed by atoms with Crippen LogP contribution in [0.25, 0.3) is 10.8 Å². The SMILES string of the molecule is CC(C)CNCCCCNC(=O)[C@@H](Cc1ccc2ccccc2c1)NC(=O)C1C[C@@H](O)CN1C(=O)C(C)(C)C.Cl.